The van der Waals surface area contributed by atoms with Crippen LogP contribution in [0, 0.1) is 6.92 Å². The van der Waals surface area contributed by atoms with E-state index in [4.69, 9.17) is 0 Å². The van der Waals surface area contributed by atoms with E-state index in [9.17, 15) is 0 Å². The number of H-pyrrole nitrogens is 1. The summed E-state index contributed by atoms with van der Waals surface area (Å²) >= 11 is 0. The lowest BCUT2D eigenvalue weighted by atomic mass is 10.1. The second kappa shape index (κ2) is 4.81. The molecule has 0 saturated carbocycles. The van der Waals surface area contributed by atoms with Gasteiger partial charge in [-0.15, -0.1) is 0 Å². The fourth-order valence-electron chi connectivity index (χ4n) is 2.41. The van der Waals surface area contributed by atoms with Crippen LogP contribution in [0.25, 0.3) is 10.9 Å². The van der Waals surface area contributed by atoms with E-state index in [0.717, 1.165) is 6.54 Å². The largest absolute Gasteiger partial charge is 0.370 e. The van der Waals surface area contributed by atoms with Gasteiger partial charge in [0.2, 0.25) is 0 Å². The average molecular weight is 250 g/mol. The summed E-state index contributed by atoms with van der Waals surface area (Å²) in [5, 5.41) is 1.31. The zero-order valence-electron chi connectivity index (χ0n) is 11.4. The highest BCUT2D eigenvalue weighted by Gasteiger charge is 2.06. The quantitative estimate of drug-likeness (QED) is 0.741. The maximum Gasteiger partial charge on any atom is 0.0457 e. The molecule has 0 spiro atoms. The molecule has 0 saturated heterocycles. The topological polar surface area (TPSA) is 19.0 Å². The summed E-state index contributed by atoms with van der Waals surface area (Å²) in [5.41, 5.74) is 5.08. The van der Waals surface area contributed by atoms with Crippen LogP contribution in [-0.2, 0) is 6.54 Å². The summed E-state index contributed by atoms with van der Waals surface area (Å²) in [5.74, 6) is 0. The van der Waals surface area contributed by atoms with Crippen LogP contribution in [-0.4, -0.2) is 12.0 Å². The zero-order chi connectivity index (χ0) is 13.2. The highest BCUT2D eigenvalue weighted by Crippen LogP contribution is 2.22. The Hall–Kier alpha value is -2.22. The molecular weight excluding hydrogens is 232 g/mol. The monoisotopic (exact) mass is 250 g/mol. The van der Waals surface area contributed by atoms with Gasteiger partial charge in [0.1, 0.15) is 0 Å². The molecule has 0 aliphatic rings. The maximum absolute atomic E-state index is 3.33. The fraction of sp³-hybridized carbons (Fsp3) is 0.176. The molecule has 3 aromatic rings. The number of nitrogens with one attached hydrogen (secondary N) is 1. The molecule has 0 amide bonds. The van der Waals surface area contributed by atoms with Crippen molar-refractivity contribution < 1.29 is 0 Å². The number of hydrogen-bond acceptors (Lipinski definition) is 1. The number of rotatable bonds is 3. The number of anilines is 1. The second-order valence-corrected chi connectivity index (χ2v) is 5.05. The van der Waals surface area contributed by atoms with Gasteiger partial charge in [0, 0.05) is 36.4 Å². The van der Waals surface area contributed by atoms with Gasteiger partial charge < -0.3 is 9.88 Å². The van der Waals surface area contributed by atoms with Gasteiger partial charge in [-0.05, 0) is 30.7 Å². The Bertz CT molecular complexity index is 680. The molecule has 1 aromatic heterocycles. The number of hydrogen-bond donors (Lipinski definition) is 1. The number of para-hydroxylation sites is 1. The van der Waals surface area contributed by atoms with Gasteiger partial charge in [-0.3, -0.25) is 0 Å². The van der Waals surface area contributed by atoms with Gasteiger partial charge >= 0.3 is 0 Å². The first-order valence-electron chi connectivity index (χ1n) is 6.57. The average Bonchev–Trinajstić information content (AvgIpc) is 2.83. The Balaban J connectivity index is 1.86. The molecule has 0 radical (unpaired) electrons. The van der Waals surface area contributed by atoms with Gasteiger partial charge in [-0.1, -0.05) is 35.9 Å². The first-order valence-corrected chi connectivity index (χ1v) is 6.57. The van der Waals surface area contributed by atoms with Crippen LogP contribution in [0.15, 0.2) is 54.7 Å². The smallest absolute Gasteiger partial charge is 0.0457 e. The van der Waals surface area contributed by atoms with Crippen molar-refractivity contribution in [3.05, 3.63) is 65.9 Å². The molecular formula is C17H18N2. The molecule has 0 fully saturated rings. The van der Waals surface area contributed by atoms with E-state index in [1.807, 2.05) is 0 Å². The van der Waals surface area contributed by atoms with Gasteiger partial charge in [0.25, 0.3) is 0 Å². The molecule has 0 aliphatic heterocycles. The van der Waals surface area contributed by atoms with Crippen LogP contribution in [0.2, 0.25) is 0 Å². The first-order chi connectivity index (χ1) is 9.24. The summed E-state index contributed by atoms with van der Waals surface area (Å²) in [6.45, 7) is 3.02. The maximum atomic E-state index is 3.33. The Morgan fingerprint density at radius 3 is 2.53 bits per heavy atom. The predicted octanol–water partition coefficient (Wildman–Crippen LogP) is 4.11. The van der Waals surface area contributed by atoms with Crippen molar-refractivity contribution in [2.45, 2.75) is 13.5 Å². The van der Waals surface area contributed by atoms with E-state index in [-0.39, 0.29) is 0 Å². The molecule has 0 atom stereocenters. The number of aryl methyl sites for hydroxylation is 1. The third-order valence-corrected chi connectivity index (χ3v) is 3.56. The van der Waals surface area contributed by atoms with Crippen LogP contribution in [0.3, 0.4) is 0 Å². The number of fused-ring (bicyclic) bond motifs is 1. The predicted molar refractivity (Wildman–Crippen MR) is 81.6 cm³/mol. The van der Waals surface area contributed by atoms with Crippen LogP contribution in [0.5, 0.6) is 0 Å². The van der Waals surface area contributed by atoms with Gasteiger partial charge in [0.15, 0.2) is 0 Å². The number of benzene rings is 2. The van der Waals surface area contributed by atoms with E-state index in [0.29, 0.717) is 0 Å². The lowest BCUT2D eigenvalue weighted by Gasteiger charge is -2.19. The Kier molecular flexibility index (Phi) is 3.00. The summed E-state index contributed by atoms with van der Waals surface area (Å²) in [6.07, 6.45) is 2.11. The lowest BCUT2D eigenvalue weighted by molar-refractivity contribution is 0.929. The van der Waals surface area contributed by atoms with Crippen molar-refractivity contribution in [1.82, 2.24) is 4.98 Å². The van der Waals surface area contributed by atoms with Crippen molar-refractivity contribution in [1.29, 1.82) is 0 Å². The van der Waals surface area contributed by atoms with Crippen molar-refractivity contribution in [3.63, 3.8) is 0 Å². The van der Waals surface area contributed by atoms with Gasteiger partial charge in [-0.2, -0.15) is 0 Å². The fourth-order valence-corrected chi connectivity index (χ4v) is 2.41. The number of aromatic nitrogens is 1. The normalized spacial score (nSPS) is 10.8. The molecule has 0 unspecified atom stereocenters. The molecule has 2 heteroatoms. The molecule has 0 bridgehead atoms. The third-order valence-electron chi connectivity index (χ3n) is 3.56. The second-order valence-electron chi connectivity index (χ2n) is 5.05. The summed E-state index contributed by atoms with van der Waals surface area (Å²) in [7, 11) is 2.13. The number of aromatic amines is 1. The standard InChI is InChI=1S/C17H18N2/c1-13-7-9-15(10-8-13)19(2)12-14-11-18-17-6-4-3-5-16(14)17/h3-11,18H,12H2,1-2H3. The van der Waals surface area contributed by atoms with Crippen molar-refractivity contribution in [2.75, 3.05) is 11.9 Å². The zero-order valence-corrected chi connectivity index (χ0v) is 11.4. The molecule has 3 rings (SSSR count). The van der Waals surface area contributed by atoms with Crippen LogP contribution >= 0.6 is 0 Å². The van der Waals surface area contributed by atoms with Crippen LogP contribution < -0.4 is 4.90 Å². The first kappa shape index (κ1) is 11.8. The molecule has 1 heterocycles. The van der Waals surface area contributed by atoms with Crippen molar-refractivity contribution in [3.8, 4) is 0 Å². The van der Waals surface area contributed by atoms with E-state index >= 15 is 0 Å². The SMILES string of the molecule is Cc1ccc(N(C)Cc2c[nH]c3ccccc23)cc1. The van der Waals surface area contributed by atoms with E-state index in [1.165, 1.54) is 27.7 Å². The molecule has 1 N–H and O–H groups in total. The van der Waals surface area contributed by atoms with E-state index < -0.39 is 0 Å². The highest BCUT2D eigenvalue weighted by molar-refractivity contribution is 5.83. The highest BCUT2D eigenvalue weighted by atomic mass is 15.1. The van der Waals surface area contributed by atoms with Crippen molar-refractivity contribution in [2.24, 2.45) is 0 Å². The minimum atomic E-state index is 0.910. The minimum absolute atomic E-state index is 0.910. The molecule has 96 valence electrons. The Morgan fingerprint density at radius 1 is 1.00 bits per heavy atom. The van der Waals surface area contributed by atoms with Gasteiger partial charge in [-0.25, -0.2) is 0 Å². The van der Waals surface area contributed by atoms with E-state index in [2.05, 4.69) is 78.6 Å². The molecule has 2 nitrogen and oxygen atoms in total. The Morgan fingerprint density at radius 2 is 1.74 bits per heavy atom. The van der Waals surface area contributed by atoms with Gasteiger partial charge in [0.05, 0.1) is 0 Å². The summed E-state index contributed by atoms with van der Waals surface area (Å²) < 4.78 is 0. The van der Waals surface area contributed by atoms with E-state index in [1.54, 1.807) is 0 Å². The molecule has 0 aliphatic carbocycles. The summed E-state index contributed by atoms with van der Waals surface area (Å²) in [6, 6.07) is 17.1. The molecule has 19 heavy (non-hydrogen) atoms. The van der Waals surface area contributed by atoms with Crippen LogP contribution in [0.4, 0.5) is 5.69 Å². The minimum Gasteiger partial charge on any atom is -0.370 e. The number of nitrogens with zero attached hydrogens (tertiary/aromatic N) is 1. The lowest BCUT2D eigenvalue weighted by Crippen LogP contribution is -2.15. The molecule has 2 aromatic carbocycles. The van der Waals surface area contributed by atoms with Crippen LogP contribution in [0.1, 0.15) is 11.1 Å². The third kappa shape index (κ3) is 2.34. The Labute approximate surface area is 113 Å². The van der Waals surface area contributed by atoms with Crippen molar-refractivity contribution >= 4 is 16.6 Å². The summed E-state index contributed by atoms with van der Waals surface area (Å²) in [4.78, 5) is 5.60.